The van der Waals surface area contributed by atoms with Crippen molar-refractivity contribution in [1.82, 2.24) is 4.98 Å². The number of primary amides is 1. The van der Waals surface area contributed by atoms with Gasteiger partial charge in [0.25, 0.3) is 0 Å². The van der Waals surface area contributed by atoms with Crippen LogP contribution >= 0.6 is 0 Å². The molecule has 1 unspecified atom stereocenters. The molecule has 1 heterocycles. The topological polar surface area (TPSA) is 119 Å². The summed E-state index contributed by atoms with van der Waals surface area (Å²) in [7, 11) is 0. The van der Waals surface area contributed by atoms with Crippen molar-refractivity contribution in [2.75, 3.05) is 0 Å². The van der Waals surface area contributed by atoms with E-state index < -0.39 is 23.9 Å². The average molecular weight is 436 g/mol. The number of carboxylic acids is 1. The molecule has 6 nitrogen and oxygen atoms in total. The van der Waals surface area contributed by atoms with Crippen LogP contribution in [0.1, 0.15) is 16.1 Å². The van der Waals surface area contributed by atoms with E-state index in [0.717, 1.165) is 30.8 Å². The summed E-state index contributed by atoms with van der Waals surface area (Å²) in [6, 6.07) is -0.272. The third kappa shape index (κ3) is 3.41. The van der Waals surface area contributed by atoms with Crippen molar-refractivity contribution in [1.29, 1.82) is 0 Å². The first-order valence-corrected chi connectivity index (χ1v) is 5.93. The summed E-state index contributed by atoms with van der Waals surface area (Å²) in [6.45, 7) is 0. The molecular formula is C9H9AtFN3O3. The molecule has 5 N–H and O–H groups in total. The minimum atomic E-state index is -1.22. The molecule has 0 aliphatic carbocycles. The summed E-state index contributed by atoms with van der Waals surface area (Å²) < 4.78 is 13.5. The Kier molecular flexibility index (Phi) is 4.48. The van der Waals surface area contributed by atoms with Gasteiger partial charge < -0.3 is 0 Å². The van der Waals surface area contributed by atoms with Crippen LogP contribution in [-0.4, -0.2) is 28.0 Å². The Balaban J connectivity index is 3.16. The van der Waals surface area contributed by atoms with E-state index in [1.807, 2.05) is 0 Å². The maximum absolute atomic E-state index is 13.1. The number of hydrogen-bond donors (Lipinski definition) is 3. The predicted octanol–water partition coefficient (Wildman–Crippen LogP) is -1.55. The van der Waals surface area contributed by atoms with E-state index in [2.05, 4.69) is 4.98 Å². The van der Waals surface area contributed by atoms with Gasteiger partial charge in [-0.3, -0.25) is 0 Å². The molecule has 0 saturated heterocycles. The van der Waals surface area contributed by atoms with E-state index in [1.165, 1.54) is 0 Å². The van der Waals surface area contributed by atoms with Crippen molar-refractivity contribution in [3.8, 4) is 0 Å². The van der Waals surface area contributed by atoms with Crippen molar-refractivity contribution in [2.45, 2.75) is 12.5 Å². The molecular weight excluding hydrogens is 427 g/mol. The molecule has 0 saturated carbocycles. The number of aromatic nitrogens is 1. The zero-order valence-electron chi connectivity index (χ0n) is 8.48. The number of aliphatic carboxylic acids is 1. The molecule has 1 aromatic heterocycles. The Hall–Kier alpha value is -1.14. The first-order valence-electron chi connectivity index (χ1n) is 4.46. The Morgan fingerprint density at radius 1 is 1.59 bits per heavy atom. The van der Waals surface area contributed by atoms with Crippen LogP contribution in [0.25, 0.3) is 0 Å². The van der Waals surface area contributed by atoms with Gasteiger partial charge in [0.1, 0.15) is 0 Å². The van der Waals surface area contributed by atoms with Gasteiger partial charge in [-0.25, -0.2) is 0 Å². The molecule has 0 bridgehead atoms. The van der Waals surface area contributed by atoms with Gasteiger partial charge in [-0.15, -0.1) is 0 Å². The monoisotopic (exact) mass is 436 g/mol. The van der Waals surface area contributed by atoms with E-state index in [-0.39, 0.29) is 17.7 Å². The Bertz CT molecular complexity index is 481. The van der Waals surface area contributed by atoms with Crippen LogP contribution in [0.3, 0.4) is 0 Å². The number of carboxylic acid groups (broad SMARTS) is 1. The number of halogens is 1. The summed E-state index contributed by atoms with van der Waals surface area (Å²) in [6.07, 6.45) is -0.154. The third-order valence-corrected chi connectivity index (χ3v) is 3.63. The van der Waals surface area contributed by atoms with Crippen LogP contribution in [0, 0.1) is 30.7 Å². The number of nitrogens with zero attached hydrogens (tertiary/aromatic N) is 1. The summed E-state index contributed by atoms with van der Waals surface area (Å²) in [5.41, 5.74) is 10.5. The molecule has 0 aliphatic rings. The van der Waals surface area contributed by atoms with Gasteiger partial charge >= 0.3 is 111 Å². The maximum atomic E-state index is 13.1. The van der Waals surface area contributed by atoms with Crippen LogP contribution in [0.5, 0.6) is 0 Å². The summed E-state index contributed by atoms with van der Waals surface area (Å²) in [4.78, 5) is 25.2. The number of rotatable bonds is 4. The molecule has 0 aromatic carbocycles. The van der Waals surface area contributed by atoms with E-state index in [9.17, 15) is 14.0 Å². The molecule has 0 fully saturated rings. The van der Waals surface area contributed by atoms with E-state index >= 15 is 0 Å². The molecule has 1 aromatic rings. The van der Waals surface area contributed by atoms with E-state index in [1.54, 1.807) is 0 Å². The van der Waals surface area contributed by atoms with Crippen LogP contribution in [0.2, 0.25) is 0 Å². The Morgan fingerprint density at radius 2 is 2.18 bits per heavy atom. The van der Waals surface area contributed by atoms with Crippen LogP contribution in [0.15, 0.2) is 6.07 Å². The summed E-state index contributed by atoms with van der Waals surface area (Å²) in [5.74, 6) is -2.89. The number of hydrogen-bond acceptors (Lipinski definition) is 4. The second kappa shape index (κ2) is 5.46. The van der Waals surface area contributed by atoms with Crippen LogP contribution in [-0.2, 0) is 11.2 Å². The standard InChI is InChI=1S/C9H9AtFN3O3/c10-7-3(8(13)15)1-6(11)14-5(7)2-4(12)9(16)17/h1,4H,2,12H2,(H2,13,15)(H,16,17). The van der Waals surface area contributed by atoms with Gasteiger partial charge in [0.05, 0.1) is 0 Å². The molecule has 0 aliphatic heterocycles. The number of carbonyl (C=O) groups excluding carboxylic acids is 1. The number of pyridine rings is 1. The van der Waals surface area contributed by atoms with Gasteiger partial charge in [-0.1, -0.05) is 0 Å². The second-order valence-corrected chi connectivity index (χ2v) is 4.74. The first-order chi connectivity index (χ1) is 7.82. The Labute approximate surface area is 111 Å². The summed E-state index contributed by atoms with van der Waals surface area (Å²) >= 11 is 1.06. The average Bonchev–Trinajstić information content (AvgIpc) is 2.22. The van der Waals surface area contributed by atoms with Gasteiger partial charge in [-0.05, 0) is 0 Å². The first kappa shape index (κ1) is 13.9. The van der Waals surface area contributed by atoms with Crippen LogP contribution < -0.4 is 14.7 Å². The van der Waals surface area contributed by atoms with Gasteiger partial charge in [0.2, 0.25) is 0 Å². The zero-order valence-corrected chi connectivity index (χ0v) is 11.4. The molecule has 17 heavy (non-hydrogen) atoms. The number of carbonyl (C=O) groups is 2. The molecule has 1 amide bonds. The van der Waals surface area contributed by atoms with Gasteiger partial charge in [0.15, 0.2) is 0 Å². The number of nitrogens with two attached hydrogens (primary N) is 2. The van der Waals surface area contributed by atoms with E-state index in [0.29, 0.717) is 3.27 Å². The SMILES string of the molecule is NC(=O)c1cc(F)nc(CC(N)C(=O)O)c1[At]. The Morgan fingerprint density at radius 3 is 2.65 bits per heavy atom. The fourth-order valence-corrected chi connectivity index (χ4v) is 2.20. The molecule has 92 valence electrons. The van der Waals surface area contributed by atoms with Crippen molar-refractivity contribution in [2.24, 2.45) is 11.5 Å². The van der Waals surface area contributed by atoms with E-state index in [4.69, 9.17) is 16.6 Å². The fraction of sp³-hybridized carbons (Fsp3) is 0.222. The second-order valence-electron chi connectivity index (χ2n) is 3.27. The van der Waals surface area contributed by atoms with Crippen molar-refractivity contribution in [3.05, 3.63) is 23.3 Å². The predicted molar refractivity (Wildman–Crippen MR) is 51.7 cm³/mol. The van der Waals surface area contributed by atoms with Gasteiger partial charge in [0, 0.05) is 0 Å². The molecule has 1 rings (SSSR count). The fourth-order valence-electron chi connectivity index (χ4n) is 1.16. The van der Waals surface area contributed by atoms with Crippen molar-refractivity contribution >= 4 is 15.1 Å². The minimum absolute atomic E-state index is 0.00163. The quantitative estimate of drug-likeness (QED) is 0.494. The normalized spacial score (nSPS) is 12.2. The molecule has 8 heteroatoms. The number of amides is 1. The molecule has 1 atom stereocenters. The summed E-state index contributed by atoms with van der Waals surface area (Å²) in [5, 5.41) is 8.65. The third-order valence-electron chi connectivity index (χ3n) is 1.99. The molecule has 0 spiro atoms. The zero-order chi connectivity index (χ0) is 13.2. The van der Waals surface area contributed by atoms with Crippen LogP contribution in [0.4, 0.5) is 4.39 Å². The van der Waals surface area contributed by atoms with Crippen molar-refractivity contribution < 1.29 is 43.8 Å². The van der Waals surface area contributed by atoms with Gasteiger partial charge in [-0.2, -0.15) is 0 Å². The molecule has 0 radical (unpaired) electrons. The van der Waals surface area contributed by atoms with Crippen molar-refractivity contribution in [3.63, 3.8) is 0 Å².